The molecule has 3 aliphatic rings. The van der Waals surface area contributed by atoms with Gasteiger partial charge in [-0.1, -0.05) is 6.07 Å². The molecule has 2 aliphatic carbocycles. The molecular formula is C23H31N3O2S. The van der Waals surface area contributed by atoms with Crippen LogP contribution in [-0.2, 0) is 0 Å². The van der Waals surface area contributed by atoms with Crippen molar-refractivity contribution in [2.24, 2.45) is 5.92 Å². The highest BCUT2D eigenvalue weighted by Crippen LogP contribution is 2.40. The van der Waals surface area contributed by atoms with Gasteiger partial charge in [-0.25, -0.2) is 4.79 Å². The first-order valence-electron chi connectivity index (χ1n) is 11.2. The summed E-state index contributed by atoms with van der Waals surface area (Å²) in [7, 11) is 0. The summed E-state index contributed by atoms with van der Waals surface area (Å²) in [4.78, 5) is 16.3. The molecule has 2 unspecified atom stereocenters. The van der Waals surface area contributed by atoms with Crippen LogP contribution in [0.25, 0.3) is 10.1 Å². The molecule has 2 heterocycles. The molecule has 2 atom stereocenters. The van der Waals surface area contributed by atoms with Crippen molar-refractivity contribution in [3.8, 4) is 0 Å². The van der Waals surface area contributed by atoms with Crippen LogP contribution in [0.5, 0.6) is 0 Å². The highest BCUT2D eigenvalue weighted by atomic mass is 32.1. The van der Waals surface area contributed by atoms with Gasteiger partial charge in [-0.05, 0) is 81.0 Å². The number of carboxylic acid groups (broad SMARTS) is 1. The lowest BCUT2D eigenvalue weighted by Gasteiger charge is -2.55. The van der Waals surface area contributed by atoms with Crippen molar-refractivity contribution in [2.75, 3.05) is 24.5 Å². The van der Waals surface area contributed by atoms with Gasteiger partial charge in [-0.15, -0.1) is 11.3 Å². The van der Waals surface area contributed by atoms with Crippen LogP contribution in [0, 0.1) is 5.92 Å². The van der Waals surface area contributed by atoms with E-state index in [1.165, 1.54) is 54.4 Å². The number of fused-ring (bicyclic) bond motifs is 2. The quantitative estimate of drug-likeness (QED) is 0.741. The minimum atomic E-state index is -0.875. The Balaban J connectivity index is 1.16. The fourth-order valence-corrected chi connectivity index (χ4v) is 6.55. The van der Waals surface area contributed by atoms with Crippen LogP contribution >= 0.6 is 11.3 Å². The molecule has 2 saturated carbocycles. The first-order chi connectivity index (χ1) is 14.2. The van der Waals surface area contributed by atoms with Gasteiger partial charge in [0.2, 0.25) is 0 Å². The van der Waals surface area contributed by atoms with Gasteiger partial charge in [0.25, 0.3) is 0 Å². The van der Waals surface area contributed by atoms with E-state index in [-0.39, 0.29) is 6.04 Å². The zero-order valence-corrected chi connectivity index (χ0v) is 17.7. The molecule has 2 N–H and O–H groups in total. The van der Waals surface area contributed by atoms with Gasteiger partial charge in [-0.3, -0.25) is 4.90 Å². The molecule has 0 bridgehead atoms. The molecule has 2 aromatic rings. The van der Waals surface area contributed by atoms with Gasteiger partial charge in [0.15, 0.2) is 0 Å². The van der Waals surface area contributed by atoms with Gasteiger partial charge >= 0.3 is 6.09 Å². The smallest absolute Gasteiger partial charge is 0.404 e. The van der Waals surface area contributed by atoms with Crippen LogP contribution in [0.3, 0.4) is 0 Å². The maximum Gasteiger partial charge on any atom is 0.404 e. The zero-order valence-electron chi connectivity index (χ0n) is 16.9. The van der Waals surface area contributed by atoms with Crippen molar-refractivity contribution >= 4 is 33.2 Å². The lowest BCUT2D eigenvalue weighted by Crippen LogP contribution is -2.65. The topological polar surface area (TPSA) is 55.8 Å². The van der Waals surface area contributed by atoms with Crippen molar-refractivity contribution < 1.29 is 9.90 Å². The number of piperazine rings is 1. The van der Waals surface area contributed by atoms with Gasteiger partial charge in [0.05, 0.1) is 0 Å². The SMILES string of the molecule is O=C(O)N[C@H]1CC[C@H](CCN2CCN(c3cccc4sccc34)C3CCC32)CC1. The third-order valence-electron chi connectivity index (χ3n) is 7.48. The number of amides is 1. The normalized spacial score (nSPS) is 30.0. The standard InChI is InChI=1S/C23H31N3O2S/c27-23(28)24-17-6-4-16(5-7-17)10-12-25-13-14-26(21-9-8-20(21)25)19-2-1-3-22-18(19)11-15-29-22/h1-3,11,15-17,20-21,24H,4-10,12-14H2,(H,27,28)/t16-,17-,20?,21?. The second-order valence-corrected chi connectivity index (χ2v) is 9.95. The van der Waals surface area contributed by atoms with E-state index >= 15 is 0 Å². The van der Waals surface area contributed by atoms with Crippen molar-refractivity contribution in [1.82, 2.24) is 10.2 Å². The van der Waals surface area contributed by atoms with Crippen LogP contribution in [0.4, 0.5) is 10.5 Å². The van der Waals surface area contributed by atoms with Crippen LogP contribution < -0.4 is 10.2 Å². The minimum absolute atomic E-state index is 0.170. The molecule has 5 rings (SSSR count). The largest absolute Gasteiger partial charge is 0.465 e. The van der Waals surface area contributed by atoms with Gasteiger partial charge in [0, 0.05) is 47.0 Å². The number of carbonyl (C=O) groups is 1. The van der Waals surface area contributed by atoms with E-state index < -0.39 is 6.09 Å². The third kappa shape index (κ3) is 3.84. The highest BCUT2D eigenvalue weighted by molar-refractivity contribution is 7.17. The molecule has 29 heavy (non-hydrogen) atoms. The van der Waals surface area contributed by atoms with E-state index in [4.69, 9.17) is 5.11 Å². The zero-order chi connectivity index (χ0) is 19.8. The number of nitrogens with zero attached hydrogens (tertiary/aromatic N) is 2. The number of hydrogen-bond donors (Lipinski definition) is 2. The van der Waals surface area contributed by atoms with E-state index in [9.17, 15) is 4.79 Å². The first kappa shape index (κ1) is 19.2. The van der Waals surface area contributed by atoms with Gasteiger partial charge < -0.3 is 15.3 Å². The van der Waals surface area contributed by atoms with E-state index in [0.29, 0.717) is 12.1 Å². The molecule has 1 aliphatic heterocycles. The summed E-state index contributed by atoms with van der Waals surface area (Å²) >= 11 is 1.84. The number of benzene rings is 1. The van der Waals surface area contributed by atoms with Crippen LogP contribution in [0.1, 0.15) is 44.9 Å². The third-order valence-corrected chi connectivity index (χ3v) is 8.36. The van der Waals surface area contributed by atoms with Crippen LogP contribution in [-0.4, -0.2) is 53.9 Å². The second kappa shape index (κ2) is 8.15. The molecule has 0 radical (unpaired) electrons. The van der Waals surface area contributed by atoms with Crippen LogP contribution in [0.15, 0.2) is 29.6 Å². The summed E-state index contributed by atoms with van der Waals surface area (Å²) in [6.07, 6.45) is 7.37. The van der Waals surface area contributed by atoms with Crippen LogP contribution in [0.2, 0.25) is 0 Å². The molecule has 1 aromatic heterocycles. The Labute approximate surface area is 176 Å². The Morgan fingerprint density at radius 3 is 2.66 bits per heavy atom. The lowest BCUT2D eigenvalue weighted by atomic mass is 9.80. The average Bonchev–Trinajstić information content (AvgIpc) is 3.17. The maximum atomic E-state index is 10.8. The highest BCUT2D eigenvalue weighted by Gasteiger charge is 2.43. The Morgan fingerprint density at radius 1 is 1.07 bits per heavy atom. The van der Waals surface area contributed by atoms with E-state index in [2.05, 4.69) is 44.8 Å². The van der Waals surface area contributed by atoms with Crippen molar-refractivity contribution in [3.63, 3.8) is 0 Å². The number of rotatable bonds is 5. The molecule has 0 spiro atoms. The summed E-state index contributed by atoms with van der Waals surface area (Å²) < 4.78 is 1.40. The molecule has 1 amide bonds. The fourth-order valence-electron chi connectivity index (χ4n) is 5.75. The predicted octanol–water partition coefficient (Wildman–Crippen LogP) is 4.77. The van der Waals surface area contributed by atoms with E-state index in [0.717, 1.165) is 31.8 Å². The Kier molecular flexibility index (Phi) is 5.39. The molecule has 156 valence electrons. The maximum absolute atomic E-state index is 10.8. The average molecular weight is 414 g/mol. The summed E-state index contributed by atoms with van der Waals surface area (Å²) in [5, 5.41) is 15.2. The molecule has 6 heteroatoms. The number of hydrogen-bond acceptors (Lipinski definition) is 4. The van der Waals surface area contributed by atoms with Gasteiger partial charge in [0.1, 0.15) is 0 Å². The summed E-state index contributed by atoms with van der Waals surface area (Å²) in [5.74, 6) is 0.762. The molecular weight excluding hydrogens is 382 g/mol. The monoisotopic (exact) mass is 413 g/mol. The predicted molar refractivity (Wildman–Crippen MR) is 119 cm³/mol. The fraction of sp³-hybridized carbons (Fsp3) is 0.609. The second-order valence-electron chi connectivity index (χ2n) is 9.01. The number of nitrogens with one attached hydrogen (secondary N) is 1. The molecule has 3 fully saturated rings. The van der Waals surface area contributed by atoms with E-state index in [1.54, 1.807) is 0 Å². The lowest BCUT2D eigenvalue weighted by molar-refractivity contribution is 0.0649. The molecule has 1 aromatic carbocycles. The summed E-state index contributed by atoms with van der Waals surface area (Å²) in [5.41, 5.74) is 1.43. The van der Waals surface area contributed by atoms with E-state index in [1.807, 2.05) is 11.3 Å². The Hall–Kier alpha value is -1.79. The molecule has 1 saturated heterocycles. The number of anilines is 1. The number of thiophene rings is 1. The summed E-state index contributed by atoms with van der Waals surface area (Å²) in [6, 6.07) is 10.6. The molecule has 5 nitrogen and oxygen atoms in total. The first-order valence-corrected chi connectivity index (χ1v) is 12.0. The summed E-state index contributed by atoms with van der Waals surface area (Å²) in [6.45, 7) is 3.50. The van der Waals surface area contributed by atoms with Gasteiger partial charge in [-0.2, -0.15) is 0 Å². The van der Waals surface area contributed by atoms with Crippen molar-refractivity contribution in [3.05, 3.63) is 29.6 Å². The van der Waals surface area contributed by atoms with Crippen molar-refractivity contribution in [2.45, 2.75) is 63.1 Å². The minimum Gasteiger partial charge on any atom is -0.465 e. The Morgan fingerprint density at radius 2 is 1.90 bits per heavy atom. The Bertz CT molecular complexity index is 861. The van der Waals surface area contributed by atoms with Crippen molar-refractivity contribution in [1.29, 1.82) is 0 Å².